The van der Waals surface area contributed by atoms with E-state index in [9.17, 15) is 4.79 Å². The highest BCUT2D eigenvalue weighted by molar-refractivity contribution is 6.01. The third kappa shape index (κ3) is 3.09. The van der Waals surface area contributed by atoms with Gasteiger partial charge in [-0.05, 0) is 24.5 Å². The van der Waals surface area contributed by atoms with Crippen LogP contribution in [0.4, 0.5) is 5.69 Å². The number of hydrogen-bond acceptors (Lipinski definition) is 5. The number of carbonyl (C=O) groups excluding carboxylic acids is 1. The monoisotopic (exact) mass is 325 g/mol. The number of hydrogen-bond donors (Lipinski definition) is 1. The van der Waals surface area contributed by atoms with Crippen molar-refractivity contribution in [2.75, 3.05) is 32.1 Å². The van der Waals surface area contributed by atoms with E-state index in [2.05, 4.69) is 38.2 Å². The summed E-state index contributed by atoms with van der Waals surface area (Å²) >= 11 is 0. The number of fused-ring (bicyclic) bond motifs is 1. The van der Waals surface area contributed by atoms with Crippen molar-refractivity contribution in [3.05, 3.63) is 30.1 Å². The normalized spacial score (nSPS) is 21.4. The molecule has 2 unspecified atom stereocenters. The Morgan fingerprint density at radius 2 is 2.04 bits per heavy atom. The third-order valence-electron chi connectivity index (χ3n) is 4.52. The summed E-state index contributed by atoms with van der Waals surface area (Å²) in [4.78, 5) is 27.5. The quantitative estimate of drug-likeness (QED) is 0.875. The van der Waals surface area contributed by atoms with E-state index in [1.54, 1.807) is 32.7 Å². The standard InChI is InChI=1S/C18H23N5O/c1-12-8-14(18(24)20-3)11-23(10-12)15-5-4-13(9-19-2)16-17(15)22-7-6-21-16/h4-7,9,12,14H,8,10-11H2,1-3H3,(H,20,24)/b19-9-. The topological polar surface area (TPSA) is 70.5 Å². The van der Waals surface area contributed by atoms with Gasteiger partial charge < -0.3 is 10.2 Å². The van der Waals surface area contributed by atoms with Crippen LogP contribution in [0.5, 0.6) is 0 Å². The molecule has 1 saturated heterocycles. The van der Waals surface area contributed by atoms with E-state index in [1.807, 2.05) is 6.07 Å². The second-order valence-electron chi connectivity index (χ2n) is 6.37. The van der Waals surface area contributed by atoms with E-state index in [-0.39, 0.29) is 11.8 Å². The van der Waals surface area contributed by atoms with E-state index in [0.717, 1.165) is 35.2 Å². The molecule has 1 aromatic carbocycles. The van der Waals surface area contributed by atoms with Crippen LogP contribution in [0.1, 0.15) is 18.9 Å². The van der Waals surface area contributed by atoms with Gasteiger partial charge in [-0.25, -0.2) is 0 Å². The van der Waals surface area contributed by atoms with Gasteiger partial charge in [-0.3, -0.25) is 19.8 Å². The predicted molar refractivity (Wildman–Crippen MR) is 96.6 cm³/mol. The Bertz CT molecular complexity index is 773. The Labute approximate surface area is 142 Å². The molecule has 1 amide bonds. The van der Waals surface area contributed by atoms with Gasteiger partial charge in [0.2, 0.25) is 5.91 Å². The average Bonchev–Trinajstić information content (AvgIpc) is 2.61. The molecule has 0 bridgehead atoms. The summed E-state index contributed by atoms with van der Waals surface area (Å²) in [6.07, 6.45) is 6.13. The lowest BCUT2D eigenvalue weighted by Crippen LogP contribution is -2.45. The van der Waals surface area contributed by atoms with Crippen LogP contribution in [-0.4, -0.2) is 49.3 Å². The van der Waals surface area contributed by atoms with E-state index >= 15 is 0 Å². The lowest BCUT2D eigenvalue weighted by atomic mass is 9.89. The molecular weight excluding hydrogens is 302 g/mol. The van der Waals surface area contributed by atoms with Gasteiger partial charge in [0.25, 0.3) is 0 Å². The summed E-state index contributed by atoms with van der Waals surface area (Å²) in [7, 11) is 3.45. The fraction of sp³-hybridized carbons (Fsp3) is 0.444. The molecule has 0 saturated carbocycles. The highest BCUT2D eigenvalue weighted by atomic mass is 16.1. The summed E-state index contributed by atoms with van der Waals surface area (Å²) in [6.45, 7) is 3.81. The van der Waals surface area contributed by atoms with Crippen molar-refractivity contribution in [3.8, 4) is 0 Å². The van der Waals surface area contributed by atoms with E-state index in [4.69, 9.17) is 0 Å². The summed E-state index contributed by atoms with van der Waals surface area (Å²) < 4.78 is 0. The molecule has 1 fully saturated rings. The van der Waals surface area contributed by atoms with Gasteiger partial charge in [0.05, 0.1) is 17.1 Å². The first-order valence-electron chi connectivity index (χ1n) is 8.26. The second-order valence-corrected chi connectivity index (χ2v) is 6.37. The first-order valence-corrected chi connectivity index (χ1v) is 8.26. The number of nitrogens with one attached hydrogen (secondary N) is 1. The maximum atomic E-state index is 12.1. The molecule has 1 aliphatic rings. The van der Waals surface area contributed by atoms with Gasteiger partial charge in [0.15, 0.2) is 0 Å². The summed E-state index contributed by atoms with van der Waals surface area (Å²) in [5.74, 6) is 0.559. The van der Waals surface area contributed by atoms with Crippen LogP contribution in [0.25, 0.3) is 11.0 Å². The maximum absolute atomic E-state index is 12.1. The van der Waals surface area contributed by atoms with Gasteiger partial charge in [-0.2, -0.15) is 0 Å². The molecule has 2 aromatic rings. The van der Waals surface area contributed by atoms with Crippen molar-refractivity contribution in [1.29, 1.82) is 0 Å². The number of carbonyl (C=O) groups is 1. The van der Waals surface area contributed by atoms with Crippen molar-refractivity contribution >= 4 is 28.8 Å². The smallest absolute Gasteiger partial charge is 0.224 e. The van der Waals surface area contributed by atoms with Crippen LogP contribution in [0.3, 0.4) is 0 Å². The maximum Gasteiger partial charge on any atom is 0.224 e. The van der Waals surface area contributed by atoms with E-state index in [1.165, 1.54) is 0 Å². The number of rotatable bonds is 3. The molecule has 0 spiro atoms. The number of benzene rings is 1. The molecular formula is C18H23N5O. The van der Waals surface area contributed by atoms with Gasteiger partial charge in [-0.15, -0.1) is 0 Å². The second kappa shape index (κ2) is 6.95. The molecule has 6 nitrogen and oxygen atoms in total. The van der Waals surface area contributed by atoms with Crippen LogP contribution in [0.15, 0.2) is 29.5 Å². The fourth-order valence-electron chi connectivity index (χ4n) is 3.50. The van der Waals surface area contributed by atoms with Gasteiger partial charge in [0, 0.05) is 51.4 Å². The molecule has 1 aliphatic heterocycles. The van der Waals surface area contributed by atoms with Crippen molar-refractivity contribution in [3.63, 3.8) is 0 Å². The molecule has 3 rings (SSSR count). The van der Waals surface area contributed by atoms with E-state index < -0.39 is 0 Å². The molecule has 2 atom stereocenters. The van der Waals surface area contributed by atoms with Gasteiger partial charge in [-0.1, -0.05) is 6.92 Å². The average molecular weight is 325 g/mol. The summed E-state index contributed by atoms with van der Waals surface area (Å²) in [6, 6.07) is 4.08. The van der Waals surface area contributed by atoms with Crippen LogP contribution in [0.2, 0.25) is 0 Å². The van der Waals surface area contributed by atoms with Gasteiger partial charge in [0.1, 0.15) is 5.52 Å². The zero-order valence-corrected chi connectivity index (χ0v) is 14.4. The fourth-order valence-corrected chi connectivity index (χ4v) is 3.50. The largest absolute Gasteiger partial charge is 0.369 e. The Hall–Kier alpha value is -2.50. The van der Waals surface area contributed by atoms with Crippen molar-refractivity contribution in [1.82, 2.24) is 15.3 Å². The first kappa shape index (κ1) is 16.4. The molecule has 0 aliphatic carbocycles. The van der Waals surface area contributed by atoms with Crippen molar-refractivity contribution in [2.24, 2.45) is 16.8 Å². The minimum absolute atomic E-state index is 0.00218. The van der Waals surface area contributed by atoms with Crippen LogP contribution >= 0.6 is 0 Å². The number of nitrogens with zero attached hydrogens (tertiary/aromatic N) is 4. The number of aromatic nitrogens is 2. The Balaban J connectivity index is 2.02. The van der Waals surface area contributed by atoms with Crippen molar-refractivity contribution in [2.45, 2.75) is 13.3 Å². The predicted octanol–water partition coefficient (Wildman–Crippen LogP) is 1.89. The summed E-state index contributed by atoms with van der Waals surface area (Å²) in [5, 5.41) is 2.78. The Morgan fingerprint density at radius 3 is 2.75 bits per heavy atom. The molecule has 24 heavy (non-hydrogen) atoms. The van der Waals surface area contributed by atoms with Crippen LogP contribution in [0, 0.1) is 11.8 Å². The number of aliphatic imine (C=N–C) groups is 1. The lowest BCUT2D eigenvalue weighted by Gasteiger charge is -2.37. The number of piperidine rings is 1. The highest BCUT2D eigenvalue weighted by Crippen LogP contribution is 2.31. The van der Waals surface area contributed by atoms with Crippen LogP contribution < -0.4 is 10.2 Å². The minimum Gasteiger partial charge on any atom is -0.369 e. The van der Waals surface area contributed by atoms with E-state index in [0.29, 0.717) is 12.5 Å². The number of anilines is 1. The molecule has 0 radical (unpaired) electrons. The Morgan fingerprint density at radius 1 is 1.29 bits per heavy atom. The summed E-state index contributed by atoms with van der Waals surface area (Å²) in [5.41, 5.74) is 3.69. The van der Waals surface area contributed by atoms with Gasteiger partial charge >= 0.3 is 0 Å². The zero-order chi connectivity index (χ0) is 17.1. The van der Waals surface area contributed by atoms with Crippen molar-refractivity contribution < 1.29 is 4.79 Å². The number of amides is 1. The van der Waals surface area contributed by atoms with Crippen LogP contribution in [-0.2, 0) is 4.79 Å². The third-order valence-corrected chi connectivity index (χ3v) is 4.52. The minimum atomic E-state index is 0.00218. The highest BCUT2D eigenvalue weighted by Gasteiger charge is 2.30. The SMILES string of the molecule is C/N=C\c1ccc(N2CC(C)CC(C(=O)NC)C2)c2nccnc12. The molecule has 2 heterocycles. The molecule has 1 aromatic heterocycles. The lowest BCUT2D eigenvalue weighted by molar-refractivity contribution is -0.125. The molecule has 126 valence electrons. The zero-order valence-electron chi connectivity index (χ0n) is 14.4. The molecule has 1 N–H and O–H groups in total. The first-order chi connectivity index (χ1) is 11.6. The Kier molecular flexibility index (Phi) is 4.74. The molecule has 6 heteroatoms.